The van der Waals surface area contributed by atoms with E-state index in [2.05, 4.69) is 38.2 Å². The minimum atomic E-state index is 0.309. The zero-order valence-electron chi connectivity index (χ0n) is 14.2. The van der Waals surface area contributed by atoms with Gasteiger partial charge in [-0.05, 0) is 57.9 Å². The van der Waals surface area contributed by atoms with E-state index in [0.717, 1.165) is 30.0 Å². The highest BCUT2D eigenvalue weighted by Gasteiger charge is 2.29. The highest BCUT2D eigenvalue weighted by Crippen LogP contribution is 2.38. The van der Waals surface area contributed by atoms with Gasteiger partial charge in [0.25, 0.3) is 0 Å². The summed E-state index contributed by atoms with van der Waals surface area (Å²) in [7, 11) is 1.98. The fourth-order valence-electron chi connectivity index (χ4n) is 3.55. The molecule has 0 aliphatic heterocycles. The average Bonchev–Trinajstić information content (AvgIpc) is 2.97. The van der Waals surface area contributed by atoms with E-state index in [1.165, 1.54) is 25.7 Å². The van der Waals surface area contributed by atoms with Crippen molar-refractivity contribution in [2.45, 2.75) is 77.7 Å². The molecule has 1 N–H and O–H groups in total. The minimum Gasteiger partial charge on any atom is -0.339 e. The lowest BCUT2D eigenvalue weighted by molar-refractivity contribution is 0.251. The molecule has 2 unspecified atom stereocenters. The van der Waals surface area contributed by atoms with E-state index in [0.29, 0.717) is 17.9 Å². The third kappa shape index (κ3) is 3.85. The van der Waals surface area contributed by atoms with Gasteiger partial charge in [-0.25, -0.2) is 0 Å². The Hall–Kier alpha value is -0.900. The average molecular weight is 293 g/mol. The van der Waals surface area contributed by atoms with Crippen LogP contribution in [0.2, 0.25) is 0 Å². The lowest BCUT2D eigenvalue weighted by atomic mass is 9.77. The standard InChI is InChI=1S/C17H31N3O/c1-6-15(12(4)18-5)17-19-16(20-21-17)14-9-7-13(8-10-14)11(2)3/h11-15,18H,6-10H2,1-5H3. The molecule has 1 heterocycles. The maximum Gasteiger partial charge on any atom is 0.231 e. The fourth-order valence-corrected chi connectivity index (χ4v) is 3.55. The minimum absolute atomic E-state index is 0.309. The van der Waals surface area contributed by atoms with Crippen LogP contribution >= 0.6 is 0 Å². The molecule has 2 rings (SSSR count). The van der Waals surface area contributed by atoms with Crippen molar-refractivity contribution in [3.63, 3.8) is 0 Å². The molecule has 2 atom stereocenters. The van der Waals surface area contributed by atoms with Gasteiger partial charge < -0.3 is 9.84 Å². The largest absolute Gasteiger partial charge is 0.339 e. The maximum absolute atomic E-state index is 5.57. The third-order valence-corrected chi connectivity index (χ3v) is 5.35. The molecule has 0 radical (unpaired) electrons. The Kier molecular flexibility index (Phi) is 5.80. The molecule has 4 nitrogen and oxygen atoms in total. The highest BCUT2D eigenvalue weighted by atomic mass is 16.5. The Balaban J connectivity index is 2.00. The van der Waals surface area contributed by atoms with Crippen LogP contribution in [-0.4, -0.2) is 23.2 Å². The van der Waals surface area contributed by atoms with Crippen molar-refractivity contribution in [3.8, 4) is 0 Å². The molecule has 0 spiro atoms. The summed E-state index contributed by atoms with van der Waals surface area (Å²) in [6.07, 6.45) is 6.04. The van der Waals surface area contributed by atoms with Crippen LogP contribution in [0.5, 0.6) is 0 Å². The van der Waals surface area contributed by atoms with Crippen LogP contribution in [0.4, 0.5) is 0 Å². The van der Waals surface area contributed by atoms with Crippen molar-refractivity contribution in [1.82, 2.24) is 15.5 Å². The third-order valence-electron chi connectivity index (χ3n) is 5.35. The van der Waals surface area contributed by atoms with Crippen LogP contribution in [-0.2, 0) is 0 Å². The van der Waals surface area contributed by atoms with E-state index < -0.39 is 0 Å². The van der Waals surface area contributed by atoms with Gasteiger partial charge in [0.05, 0.1) is 5.92 Å². The van der Waals surface area contributed by atoms with Crippen LogP contribution in [0.1, 0.15) is 83.3 Å². The first kappa shape index (κ1) is 16.5. The molecular formula is C17H31N3O. The summed E-state index contributed by atoms with van der Waals surface area (Å²) >= 11 is 0. The molecule has 1 fully saturated rings. The number of aromatic nitrogens is 2. The van der Waals surface area contributed by atoms with E-state index in [4.69, 9.17) is 9.51 Å². The van der Waals surface area contributed by atoms with Gasteiger partial charge in [-0.15, -0.1) is 0 Å². The number of rotatable bonds is 6. The van der Waals surface area contributed by atoms with E-state index >= 15 is 0 Å². The maximum atomic E-state index is 5.57. The summed E-state index contributed by atoms with van der Waals surface area (Å²) in [6.45, 7) is 9.02. The van der Waals surface area contributed by atoms with E-state index in [1.807, 2.05) is 7.05 Å². The van der Waals surface area contributed by atoms with Crippen LogP contribution in [0, 0.1) is 11.8 Å². The van der Waals surface area contributed by atoms with E-state index in [9.17, 15) is 0 Å². The molecular weight excluding hydrogens is 262 g/mol. The second-order valence-corrected chi connectivity index (χ2v) is 6.94. The zero-order valence-corrected chi connectivity index (χ0v) is 14.2. The predicted molar refractivity (Wildman–Crippen MR) is 85.4 cm³/mol. The van der Waals surface area contributed by atoms with Gasteiger partial charge in [-0.3, -0.25) is 0 Å². The van der Waals surface area contributed by atoms with Crippen LogP contribution in [0.3, 0.4) is 0 Å². The highest BCUT2D eigenvalue weighted by molar-refractivity contribution is 5.02. The van der Waals surface area contributed by atoms with Gasteiger partial charge in [-0.2, -0.15) is 4.98 Å². The summed E-state index contributed by atoms with van der Waals surface area (Å²) in [5, 5.41) is 7.58. The smallest absolute Gasteiger partial charge is 0.231 e. The molecule has 1 aromatic rings. The number of likely N-dealkylation sites (N-methyl/N-ethyl adjacent to an activating group) is 1. The molecule has 0 saturated heterocycles. The molecule has 1 saturated carbocycles. The first-order valence-corrected chi connectivity index (χ1v) is 8.57. The molecule has 1 aliphatic rings. The predicted octanol–water partition coefficient (Wildman–Crippen LogP) is 4.10. The van der Waals surface area contributed by atoms with Crippen LogP contribution in [0.15, 0.2) is 4.52 Å². The molecule has 0 amide bonds. The molecule has 4 heteroatoms. The van der Waals surface area contributed by atoms with Crippen molar-refractivity contribution in [2.75, 3.05) is 7.05 Å². The molecule has 21 heavy (non-hydrogen) atoms. The number of nitrogens with zero attached hydrogens (tertiary/aromatic N) is 2. The normalized spacial score (nSPS) is 26.0. The van der Waals surface area contributed by atoms with Gasteiger partial charge >= 0.3 is 0 Å². The van der Waals surface area contributed by atoms with Gasteiger partial charge in [0.1, 0.15) is 0 Å². The van der Waals surface area contributed by atoms with Crippen molar-refractivity contribution in [2.24, 2.45) is 11.8 Å². The number of hydrogen-bond donors (Lipinski definition) is 1. The van der Waals surface area contributed by atoms with Crippen molar-refractivity contribution < 1.29 is 4.52 Å². The summed E-state index contributed by atoms with van der Waals surface area (Å²) in [5.74, 6) is 4.23. The lowest BCUT2D eigenvalue weighted by Gasteiger charge is -2.29. The van der Waals surface area contributed by atoms with E-state index in [-0.39, 0.29) is 0 Å². The fraction of sp³-hybridized carbons (Fsp3) is 0.882. The van der Waals surface area contributed by atoms with Gasteiger partial charge in [-0.1, -0.05) is 25.9 Å². The summed E-state index contributed by atoms with van der Waals surface area (Å²) in [4.78, 5) is 4.73. The Labute approximate surface area is 129 Å². The summed E-state index contributed by atoms with van der Waals surface area (Å²) in [6, 6.07) is 0.361. The first-order valence-electron chi connectivity index (χ1n) is 8.57. The monoisotopic (exact) mass is 293 g/mol. The Morgan fingerprint density at radius 3 is 2.38 bits per heavy atom. The molecule has 0 bridgehead atoms. The van der Waals surface area contributed by atoms with Crippen LogP contribution < -0.4 is 5.32 Å². The number of hydrogen-bond acceptors (Lipinski definition) is 4. The number of nitrogens with one attached hydrogen (secondary N) is 1. The van der Waals surface area contributed by atoms with Crippen molar-refractivity contribution in [1.29, 1.82) is 0 Å². The SMILES string of the molecule is CCC(c1nc(C2CCC(C(C)C)CC2)no1)C(C)NC. The van der Waals surface area contributed by atoms with E-state index in [1.54, 1.807) is 0 Å². The Morgan fingerprint density at radius 2 is 1.86 bits per heavy atom. The second kappa shape index (κ2) is 7.39. The van der Waals surface area contributed by atoms with Crippen molar-refractivity contribution >= 4 is 0 Å². The molecule has 1 aliphatic carbocycles. The summed E-state index contributed by atoms with van der Waals surface area (Å²) < 4.78 is 5.57. The first-order chi connectivity index (χ1) is 10.1. The van der Waals surface area contributed by atoms with Gasteiger partial charge in [0, 0.05) is 12.0 Å². The zero-order chi connectivity index (χ0) is 15.4. The van der Waals surface area contributed by atoms with Gasteiger partial charge in [0.15, 0.2) is 5.82 Å². The van der Waals surface area contributed by atoms with Gasteiger partial charge in [0.2, 0.25) is 5.89 Å². The second-order valence-electron chi connectivity index (χ2n) is 6.94. The molecule has 120 valence electrons. The molecule has 0 aromatic carbocycles. The lowest BCUT2D eigenvalue weighted by Crippen LogP contribution is -2.28. The molecule has 1 aromatic heterocycles. The Bertz CT molecular complexity index is 421. The topological polar surface area (TPSA) is 51.0 Å². The summed E-state index contributed by atoms with van der Waals surface area (Å²) in [5.41, 5.74) is 0. The van der Waals surface area contributed by atoms with Crippen LogP contribution in [0.25, 0.3) is 0 Å². The Morgan fingerprint density at radius 1 is 1.19 bits per heavy atom. The van der Waals surface area contributed by atoms with Crippen molar-refractivity contribution in [3.05, 3.63) is 11.7 Å². The quantitative estimate of drug-likeness (QED) is 0.858.